The number of thiazole rings is 1. The SMILES string of the molecule is CCC(CC)NC(=O)c1csc(-n2nnc(-c3ccc(F)cc3)c2C)n1. The molecule has 0 aliphatic heterocycles. The lowest BCUT2D eigenvalue weighted by atomic mass is 10.1. The Hall–Kier alpha value is -2.61. The molecule has 8 heteroatoms. The Bertz CT molecular complexity index is 899. The van der Waals surface area contributed by atoms with E-state index in [0.717, 1.165) is 24.1 Å². The molecular weight excluding hydrogens is 353 g/mol. The molecule has 6 nitrogen and oxygen atoms in total. The van der Waals surface area contributed by atoms with Crippen molar-refractivity contribution in [2.45, 2.75) is 39.7 Å². The van der Waals surface area contributed by atoms with Gasteiger partial charge in [-0.1, -0.05) is 19.1 Å². The van der Waals surface area contributed by atoms with Crippen molar-refractivity contribution in [3.05, 3.63) is 46.9 Å². The predicted molar refractivity (Wildman–Crippen MR) is 99.0 cm³/mol. The minimum atomic E-state index is -0.299. The first-order valence-electron chi connectivity index (χ1n) is 8.48. The van der Waals surface area contributed by atoms with E-state index in [1.807, 2.05) is 20.8 Å². The molecule has 3 rings (SSSR count). The van der Waals surface area contributed by atoms with Gasteiger partial charge in [0.2, 0.25) is 5.13 Å². The van der Waals surface area contributed by atoms with Crippen molar-refractivity contribution in [3.8, 4) is 16.4 Å². The maximum absolute atomic E-state index is 13.1. The normalized spacial score (nSPS) is 11.1. The second-order valence-electron chi connectivity index (χ2n) is 5.94. The number of hydrogen-bond acceptors (Lipinski definition) is 5. The molecule has 0 unspecified atom stereocenters. The van der Waals surface area contributed by atoms with Gasteiger partial charge in [-0.25, -0.2) is 9.37 Å². The van der Waals surface area contributed by atoms with Crippen molar-refractivity contribution in [2.24, 2.45) is 0 Å². The number of benzene rings is 1. The van der Waals surface area contributed by atoms with Gasteiger partial charge < -0.3 is 5.32 Å². The van der Waals surface area contributed by atoms with Crippen molar-refractivity contribution >= 4 is 17.2 Å². The molecule has 0 aliphatic carbocycles. The Kier molecular flexibility index (Phi) is 5.41. The Morgan fingerprint density at radius 1 is 1.27 bits per heavy atom. The van der Waals surface area contributed by atoms with Crippen LogP contribution in [-0.4, -0.2) is 31.9 Å². The summed E-state index contributed by atoms with van der Waals surface area (Å²) in [7, 11) is 0. The second kappa shape index (κ2) is 7.74. The van der Waals surface area contributed by atoms with Gasteiger partial charge in [-0.05, 0) is 44.0 Å². The smallest absolute Gasteiger partial charge is 0.271 e. The van der Waals surface area contributed by atoms with E-state index in [-0.39, 0.29) is 17.8 Å². The number of nitrogens with zero attached hydrogens (tertiary/aromatic N) is 4. The minimum absolute atomic E-state index is 0.144. The van der Waals surface area contributed by atoms with Gasteiger partial charge in [-0.3, -0.25) is 4.79 Å². The number of carbonyl (C=O) groups excluding carboxylic acids is 1. The number of nitrogens with one attached hydrogen (secondary N) is 1. The molecule has 136 valence electrons. The van der Waals surface area contributed by atoms with Crippen LogP contribution in [0.15, 0.2) is 29.6 Å². The molecule has 0 saturated carbocycles. The van der Waals surface area contributed by atoms with Crippen LogP contribution in [0.4, 0.5) is 4.39 Å². The van der Waals surface area contributed by atoms with E-state index in [2.05, 4.69) is 20.6 Å². The van der Waals surface area contributed by atoms with E-state index in [0.29, 0.717) is 16.5 Å². The van der Waals surface area contributed by atoms with Crippen LogP contribution in [-0.2, 0) is 0 Å². The van der Waals surface area contributed by atoms with Crippen LogP contribution in [0.1, 0.15) is 42.9 Å². The lowest BCUT2D eigenvalue weighted by Crippen LogP contribution is -2.34. The molecule has 3 aromatic rings. The van der Waals surface area contributed by atoms with Gasteiger partial charge in [0.15, 0.2) is 0 Å². The highest BCUT2D eigenvalue weighted by Crippen LogP contribution is 2.24. The van der Waals surface area contributed by atoms with Gasteiger partial charge in [0.25, 0.3) is 5.91 Å². The highest BCUT2D eigenvalue weighted by atomic mass is 32.1. The number of amides is 1. The van der Waals surface area contributed by atoms with Crippen molar-refractivity contribution in [1.29, 1.82) is 0 Å². The molecule has 0 atom stereocenters. The summed E-state index contributed by atoms with van der Waals surface area (Å²) in [5, 5.41) is 13.6. The van der Waals surface area contributed by atoms with Crippen molar-refractivity contribution < 1.29 is 9.18 Å². The third kappa shape index (κ3) is 3.65. The number of aromatic nitrogens is 4. The molecule has 0 saturated heterocycles. The summed E-state index contributed by atoms with van der Waals surface area (Å²) in [6, 6.07) is 6.24. The maximum Gasteiger partial charge on any atom is 0.271 e. The highest BCUT2D eigenvalue weighted by Gasteiger charge is 2.18. The first-order chi connectivity index (χ1) is 12.5. The van der Waals surface area contributed by atoms with E-state index < -0.39 is 0 Å². The van der Waals surface area contributed by atoms with Crippen molar-refractivity contribution in [3.63, 3.8) is 0 Å². The largest absolute Gasteiger partial charge is 0.348 e. The van der Waals surface area contributed by atoms with E-state index in [9.17, 15) is 9.18 Å². The summed E-state index contributed by atoms with van der Waals surface area (Å²) in [5.41, 5.74) is 2.58. The average molecular weight is 373 g/mol. The Labute approximate surface area is 155 Å². The fraction of sp³-hybridized carbons (Fsp3) is 0.333. The lowest BCUT2D eigenvalue weighted by molar-refractivity contribution is 0.0930. The summed E-state index contributed by atoms with van der Waals surface area (Å²) in [6.45, 7) is 5.94. The topological polar surface area (TPSA) is 72.7 Å². The maximum atomic E-state index is 13.1. The third-order valence-electron chi connectivity index (χ3n) is 4.24. The molecule has 26 heavy (non-hydrogen) atoms. The van der Waals surface area contributed by atoms with Crippen LogP contribution in [0.3, 0.4) is 0 Å². The highest BCUT2D eigenvalue weighted by molar-refractivity contribution is 7.12. The summed E-state index contributed by atoms with van der Waals surface area (Å²) in [4.78, 5) is 16.7. The molecule has 0 aliphatic rings. The Morgan fingerprint density at radius 2 is 1.96 bits per heavy atom. The molecule has 1 amide bonds. The van der Waals surface area contributed by atoms with E-state index in [1.165, 1.54) is 23.5 Å². The zero-order valence-corrected chi connectivity index (χ0v) is 15.7. The van der Waals surface area contributed by atoms with Crippen LogP contribution < -0.4 is 5.32 Å². The van der Waals surface area contributed by atoms with Gasteiger partial charge >= 0.3 is 0 Å². The standard InChI is InChI=1S/C18H20FN5OS/c1-4-14(5-2)20-17(25)15-10-26-18(21-15)24-11(3)16(22-23-24)12-6-8-13(19)9-7-12/h6-10,14H,4-5H2,1-3H3,(H,20,25). The molecule has 1 N–H and O–H groups in total. The van der Waals surface area contributed by atoms with Gasteiger partial charge in [-0.2, -0.15) is 4.68 Å². The zero-order valence-electron chi connectivity index (χ0n) is 14.9. The van der Waals surface area contributed by atoms with Crippen LogP contribution in [0.25, 0.3) is 16.4 Å². The Balaban J connectivity index is 1.84. The van der Waals surface area contributed by atoms with Crippen LogP contribution in [0.2, 0.25) is 0 Å². The van der Waals surface area contributed by atoms with E-state index in [1.54, 1.807) is 22.2 Å². The van der Waals surface area contributed by atoms with Gasteiger partial charge in [-0.15, -0.1) is 16.4 Å². The summed E-state index contributed by atoms with van der Waals surface area (Å²) in [5.74, 6) is -0.482. The summed E-state index contributed by atoms with van der Waals surface area (Å²) >= 11 is 1.33. The zero-order chi connectivity index (χ0) is 18.7. The molecule has 1 aromatic carbocycles. The van der Waals surface area contributed by atoms with E-state index >= 15 is 0 Å². The molecule has 0 fully saturated rings. The molecule has 0 radical (unpaired) electrons. The first kappa shape index (κ1) is 18.2. The van der Waals surface area contributed by atoms with Crippen molar-refractivity contribution in [1.82, 2.24) is 25.3 Å². The first-order valence-corrected chi connectivity index (χ1v) is 9.36. The number of carbonyl (C=O) groups is 1. The van der Waals surface area contributed by atoms with E-state index in [4.69, 9.17) is 0 Å². The van der Waals surface area contributed by atoms with Gasteiger partial charge in [0.1, 0.15) is 17.2 Å². The van der Waals surface area contributed by atoms with Crippen LogP contribution in [0, 0.1) is 12.7 Å². The summed E-state index contributed by atoms with van der Waals surface area (Å²) < 4.78 is 14.7. The minimum Gasteiger partial charge on any atom is -0.348 e. The number of halogens is 1. The summed E-state index contributed by atoms with van der Waals surface area (Å²) in [6.07, 6.45) is 1.75. The van der Waals surface area contributed by atoms with Crippen LogP contribution >= 0.6 is 11.3 Å². The second-order valence-corrected chi connectivity index (χ2v) is 6.78. The predicted octanol–water partition coefficient (Wildman–Crippen LogP) is 3.76. The number of rotatable bonds is 6. The van der Waals surface area contributed by atoms with Gasteiger partial charge in [0, 0.05) is 17.0 Å². The number of hydrogen-bond donors (Lipinski definition) is 1. The lowest BCUT2D eigenvalue weighted by Gasteiger charge is -2.13. The Morgan fingerprint density at radius 3 is 2.62 bits per heavy atom. The fourth-order valence-corrected chi connectivity index (χ4v) is 3.40. The fourth-order valence-electron chi connectivity index (χ4n) is 2.60. The van der Waals surface area contributed by atoms with Crippen molar-refractivity contribution in [2.75, 3.05) is 0 Å². The quantitative estimate of drug-likeness (QED) is 0.714. The third-order valence-corrected chi connectivity index (χ3v) is 5.06. The monoisotopic (exact) mass is 373 g/mol. The van der Waals surface area contributed by atoms with Gasteiger partial charge in [0.05, 0.1) is 5.69 Å². The van der Waals surface area contributed by atoms with Crippen LogP contribution in [0.5, 0.6) is 0 Å². The molecule has 2 aromatic heterocycles. The molecular formula is C18H20FN5OS. The molecule has 0 bridgehead atoms. The molecule has 2 heterocycles. The molecule has 0 spiro atoms. The average Bonchev–Trinajstić information content (AvgIpc) is 3.27.